The first-order chi connectivity index (χ1) is 15.2. The van der Waals surface area contributed by atoms with Gasteiger partial charge in [0.05, 0.1) is 0 Å². The van der Waals surface area contributed by atoms with Crippen LogP contribution in [-0.2, 0) is 12.8 Å². The minimum atomic E-state index is -4.89. The molecule has 0 amide bonds. The van der Waals surface area contributed by atoms with Gasteiger partial charge in [-0.3, -0.25) is 0 Å². The number of aryl methyl sites for hydroxylation is 2. The Morgan fingerprint density at radius 2 is 1.53 bits per heavy atom. The largest absolute Gasteiger partial charge is 0.573 e. The predicted molar refractivity (Wildman–Crippen MR) is 120 cm³/mol. The number of hydrogen-bond acceptors (Lipinski definition) is 1. The van der Waals surface area contributed by atoms with Crippen LogP contribution >= 0.6 is 0 Å². The van der Waals surface area contributed by atoms with E-state index in [4.69, 9.17) is 0 Å². The van der Waals surface area contributed by atoms with Crippen LogP contribution in [0.5, 0.6) is 5.75 Å². The van der Waals surface area contributed by atoms with Gasteiger partial charge in [-0.15, -0.1) is 13.2 Å². The molecule has 0 heterocycles. The second-order valence-corrected chi connectivity index (χ2v) is 9.60. The lowest BCUT2D eigenvalue weighted by Gasteiger charge is -2.29. The van der Waals surface area contributed by atoms with Crippen LogP contribution in [0.2, 0.25) is 0 Å². The van der Waals surface area contributed by atoms with Crippen molar-refractivity contribution in [2.75, 3.05) is 0 Å². The van der Waals surface area contributed by atoms with E-state index in [0.717, 1.165) is 29.5 Å². The van der Waals surface area contributed by atoms with Crippen molar-refractivity contribution in [1.29, 1.82) is 0 Å². The van der Waals surface area contributed by atoms with E-state index in [0.29, 0.717) is 24.3 Å². The molecule has 0 bridgehead atoms. The van der Waals surface area contributed by atoms with Gasteiger partial charge in [0.2, 0.25) is 0 Å². The molecular formula is C27H34F4O. The van der Waals surface area contributed by atoms with Gasteiger partial charge in [-0.2, -0.15) is 0 Å². The molecule has 0 aromatic heterocycles. The topological polar surface area (TPSA) is 9.23 Å². The van der Waals surface area contributed by atoms with Gasteiger partial charge in [-0.05, 0) is 85.1 Å². The molecule has 0 aliphatic heterocycles. The molecule has 0 atom stereocenters. The van der Waals surface area contributed by atoms with E-state index >= 15 is 0 Å². The Morgan fingerprint density at radius 1 is 0.906 bits per heavy atom. The highest BCUT2D eigenvalue weighted by Gasteiger charge is 2.32. The van der Waals surface area contributed by atoms with Gasteiger partial charge >= 0.3 is 6.36 Å². The summed E-state index contributed by atoms with van der Waals surface area (Å²) in [5.41, 5.74) is 3.19. The zero-order valence-electron chi connectivity index (χ0n) is 19.1. The standard InChI is InChI=1S/C27H34F4O/c1-19(2)4-3-5-20-8-13-23(14-9-20)24-15-10-21(11-16-24)6-7-22-12-17-26(25(28)18-22)32-27(29,30)31/h10-12,15-20,23H,3-9,13-14H2,1-2H3. The molecule has 176 valence electrons. The molecule has 2 aromatic rings. The second-order valence-electron chi connectivity index (χ2n) is 9.60. The number of halogens is 4. The summed E-state index contributed by atoms with van der Waals surface area (Å²) in [6.45, 7) is 4.59. The highest BCUT2D eigenvalue weighted by molar-refractivity contribution is 5.31. The van der Waals surface area contributed by atoms with Gasteiger partial charge < -0.3 is 4.74 Å². The summed E-state index contributed by atoms with van der Waals surface area (Å²) in [6.07, 6.45) is 5.60. The number of ether oxygens (including phenoxy) is 1. The monoisotopic (exact) mass is 450 g/mol. The molecule has 0 radical (unpaired) electrons. The lowest BCUT2D eigenvalue weighted by molar-refractivity contribution is -0.275. The Balaban J connectivity index is 1.46. The SMILES string of the molecule is CC(C)CCCC1CCC(c2ccc(CCc3ccc(OC(F)(F)F)c(F)c3)cc2)CC1. The van der Waals surface area contributed by atoms with Crippen LogP contribution in [0.15, 0.2) is 42.5 Å². The van der Waals surface area contributed by atoms with E-state index < -0.39 is 17.9 Å². The van der Waals surface area contributed by atoms with Gasteiger partial charge in [0, 0.05) is 0 Å². The second kappa shape index (κ2) is 11.2. The first-order valence-electron chi connectivity index (χ1n) is 11.8. The van der Waals surface area contributed by atoms with Crippen molar-refractivity contribution in [3.63, 3.8) is 0 Å². The van der Waals surface area contributed by atoms with Crippen LogP contribution in [0, 0.1) is 17.7 Å². The molecule has 0 N–H and O–H groups in total. The molecule has 1 aliphatic rings. The zero-order valence-corrected chi connectivity index (χ0v) is 19.1. The van der Waals surface area contributed by atoms with Crippen LogP contribution < -0.4 is 4.74 Å². The smallest absolute Gasteiger partial charge is 0.403 e. The zero-order chi connectivity index (χ0) is 23.1. The molecule has 1 nitrogen and oxygen atoms in total. The van der Waals surface area contributed by atoms with Crippen molar-refractivity contribution in [3.8, 4) is 5.75 Å². The number of hydrogen-bond donors (Lipinski definition) is 0. The molecule has 0 saturated heterocycles. The van der Waals surface area contributed by atoms with Gasteiger partial charge in [-0.1, -0.05) is 63.4 Å². The van der Waals surface area contributed by atoms with E-state index in [9.17, 15) is 17.6 Å². The minimum Gasteiger partial charge on any atom is -0.403 e. The van der Waals surface area contributed by atoms with E-state index in [2.05, 4.69) is 42.8 Å². The maximum atomic E-state index is 13.9. The molecular weight excluding hydrogens is 416 g/mol. The molecule has 2 aromatic carbocycles. The Hall–Kier alpha value is -2.04. The first-order valence-corrected chi connectivity index (χ1v) is 11.8. The molecule has 0 spiro atoms. The van der Waals surface area contributed by atoms with Crippen molar-refractivity contribution in [3.05, 3.63) is 65.0 Å². The Kier molecular flexibility index (Phi) is 8.61. The van der Waals surface area contributed by atoms with Crippen molar-refractivity contribution in [2.24, 2.45) is 11.8 Å². The quantitative estimate of drug-likeness (QED) is 0.348. The molecule has 32 heavy (non-hydrogen) atoms. The number of rotatable bonds is 9. The van der Waals surface area contributed by atoms with Crippen LogP contribution in [0.4, 0.5) is 17.6 Å². The summed E-state index contributed by atoms with van der Waals surface area (Å²) in [5, 5.41) is 0. The summed E-state index contributed by atoms with van der Waals surface area (Å²) >= 11 is 0. The molecule has 1 aliphatic carbocycles. The fraction of sp³-hybridized carbons (Fsp3) is 0.556. The number of benzene rings is 2. The Labute approximate surface area is 189 Å². The third kappa shape index (κ3) is 7.83. The average Bonchev–Trinajstić information content (AvgIpc) is 2.74. The first kappa shape index (κ1) is 24.6. The van der Waals surface area contributed by atoms with Crippen molar-refractivity contribution in [1.82, 2.24) is 0 Å². The highest BCUT2D eigenvalue weighted by Crippen LogP contribution is 2.38. The fourth-order valence-electron chi connectivity index (χ4n) is 4.75. The molecule has 1 fully saturated rings. The average molecular weight is 451 g/mol. The maximum Gasteiger partial charge on any atom is 0.573 e. The van der Waals surface area contributed by atoms with E-state index in [1.807, 2.05) is 0 Å². The van der Waals surface area contributed by atoms with E-state index in [1.165, 1.54) is 56.6 Å². The van der Waals surface area contributed by atoms with Crippen LogP contribution in [-0.4, -0.2) is 6.36 Å². The molecule has 5 heteroatoms. The van der Waals surface area contributed by atoms with Gasteiger partial charge in [-0.25, -0.2) is 4.39 Å². The summed E-state index contributed by atoms with van der Waals surface area (Å²) in [5.74, 6) is 0.542. The summed E-state index contributed by atoms with van der Waals surface area (Å²) in [7, 11) is 0. The molecule has 3 rings (SSSR count). The van der Waals surface area contributed by atoms with Crippen molar-refractivity contribution >= 4 is 0 Å². The van der Waals surface area contributed by atoms with Crippen LogP contribution in [0.25, 0.3) is 0 Å². The van der Waals surface area contributed by atoms with Gasteiger partial charge in [0.1, 0.15) is 0 Å². The molecule has 0 unspecified atom stereocenters. The summed E-state index contributed by atoms with van der Waals surface area (Å²) < 4.78 is 54.3. The lowest BCUT2D eigenvalue weighted by atomic mass is 9.77. The summed E-state index contributed by atoms with van der Waals surface area (Å²) in [6, 6.07) is 12.3. The van der Waals surface area contributed by atoms with Gasteiger partial charge in [0.15, 0.2) is 11.6 Å². The molecule has 1 saturated carbocycles. The van der Waals surface area contributed by atoms with Gasteiger partial charge in [0.25, 0.3) is 0 Å². The third-order valence-electron chi connectivity index (χ3n) is 6.62. The third-order valence-corrected chi connectivity index (χ3v) is 6.62. The Morgan fingerprint density at radius 3 is 2.12 bits per heavy atom. The van der Waals surface area contributed by atoms with E-state index in [1.54, 1.807) is 0 Å². The lowest BCUT2D eigenvalue weighted by Crippen LogP contribution is -2.18. The summed E-state index contributed by atoms with van der Waals surface area (Å²) in [4.78, 5) is 0. The van der Waals surface area contributed by atoms with Crippen molar-refractivity contribution in [2.45, 2.75) is 83.9 Å². The fourth-order valence-corrected chi connectivity index (χ4v) is 4.75. The maximum absolute atomic E-state index is 13.9. The van der Waals surface area contributed by atoms with Crippen LogP contribution in [0.1, 0.15) is 81.4 Å². The van der Waals surface area contributed by atoms with Crippen LogP contribution in [0.3, 0.4) is 0 Å². The highest BCUT2D eigenvalue weighted by atomic mass is 19.4. The Bertz CT molecular complexity index is 834. The predicted octanol–water partition coefficient (Wildman–Crippen LogP) is 8.61. The number of alkyl halides is 3. The van der Waals surface area contributed by atoms with Crippen molar-refractivity contribution < 1.29 is 22.3 Å². The normalized spacial score (nSPS) is 19.3. The van der Waals surface area contributed by atoms with E-state index in [-0.39, 0.29) is 0 Å². The minimum absolute atomic E-state index is 0.560.